The summed E-state index contributed by atoms with van der Waals surface area (Å²) in [6.07, 6.45) is 0. The molecule has 1 rings (SSSR count). The SMILES string of the molecule is COc1ccc(C(=O)CS(=O)C(C)C)cc1F. The monoisotopic (exact) mass is 258 g/mol. The van der Waals surface area contributed by atoms with Crippen LogP contribution in [0.1, 0.15) is 24.2 Å². The van der Waals surface area contributed by atoms with Gasteiger partial charge in [0.25, 0.3) is 0 Å². The van der Waals surface area contributed by atoms with Crippen LogP contribution in [0.5, 0.6) is 5.75 Å². The predicted octanol–water partition coefficient (Wildman–Crippen LogP) is 2.17. The first kappa shape index (κ1) is 13.8. The highest BCUT2D eigenvalue weighted by Crippen LogP contribution is 2.18. The molecule has 3 nitrogen and oxygen atoms in total. The molecule has 0 aliphatic heterocycles. The van der Waals surface area contributed by atoms with Crippen molar-refractivity contribution in [2.75, 3.05) is 12.9 Å². The van der Waals surface area contributed by atoms with Crippen LogP contribution >= 0.6 is 0 Å². The van der Waals surface area contributed by atoms with Gasteiger partial charge in [0.05, 0.1) is 12.9 Å². The zero-order valence-corrected chi connectivity index (χ0v) is 10.8. The summed E-state index contributed by atoms with van der Waals surface area (Å²) in [4.78, 5) is 11.7. The molecule has 0 bridgehead atoms. The van der Waals surface area contributed by atoms with Crippen LogP contribution in [-0.2, 0) is 10.8 Å². The van der Waals surface area contributed by atoms with Crippen molar-refractivity contribution in [3.63, 3.8) is 0 Å². The molecule has 0 aromatic heterocycles. The molecule has 0 radical (unpaired) electrons. The highest BCUT2D eigenvalue weighted by atomic mass is 32.2. The van der Waals surface area contributed by atoms with E-state index in [0.29, 0.717) is 0 Å². The first-order valence-electron chi connectivity index (χ1n) is 5.19. The van der Waals surface area contributed by atoms with E-state index in [2.05, 4.69) is 0 Å². The molecule has 0 fully saturated rings. The lowest BCUT2D eigenvalue weighted by atomic mass is 10.1. The van der Waals surface area contributed by atoms with Gasteiger partial charge in [-0.25, -0.2) is 4.39 Å². The average molecular weight is 258 g/mol. The molecular weight excluding hydrogens is 243 g/mol. The van der Waals surface area contributed by atoms with Crippen LogP contribution in [0, 0.1) is 5.82 Å². The molecule has 1 aromatic rings. The molecule has 17 heavy (non-hydrogen) atoms. The zero-order valence-electron chi connectivity index (χ0n) is 10.0. The molecule has 0 heterocycles. The van der Waals surface area contributed by atoms with Crippen molar-refractivity contribution in [1.29, 1.82) is 0 Å². The first-order valence-corrected chi connectivity index (χ1v) is 6.57. The second-order valence-electron chi connectivity index (χ2n) is 3.85. The molecule has 0 spiro atoms. The van der Waals surface area contributed by atoms with Crippen LogP contribution in [0.4, 0.5) is 4.39 Å². The Morgan fingerprint density at radius 3 is 2.59 bits per heavy atom. The summed E-state index contributed by atoms with van der Waals surface area (Å²) in [5.41, 5.74) is 0.220. The standard InChI is InChI=1S/C12H15FO3S/c1-8(2)17(15)7-11(14)9-4-5-12(16-3)10(13)6-9/h4-6,8H,7H2,1-3H3. The highest BCUT2D eigenvalue weighted by Gasteiger charge is 2.15. The summed E-state index contributed by atoms with van der Waals surface area (Å²) in [5.74, 6) is -0.900. The minimum atomic E-state index is -1.22. The van der Waals surface area contributed by atoms with Crippen molar-refractivity contribution in [2.45, 2.75) is 19.1 Å². The second kappa shape index (κ2) is 5.91. The van der Waals surface area contributed by atoms with Crippen LogP contribution in [0.2, 0.25) is 0 Å². The number of carbonyl (C=O) groups excluding carboxylic acids is 1. The third-order valence-corrected chi connectivity index (χ3v) is 3.87. The first-order chi connectivity index (χ1) is 7.95. The number of methoxy groups -OCH3 is 1. The summed E-state index contributed by atoms with van der Waals surface area (Å²) in [7, 11) is 0.136. The molecular formula is C12H15FO3S. The molecule has 0 N–H and O–H groups in total. The average Bonchev–Trinajstić information content (AvgIpc) is 2.28. The molecule has 0 aliphatic rings. The van der Waals surface area contributed by atoms with E-state index in [1.54, 1.807) is 13.8 Å². The maximum absolute atomic E-state index is 13.4. The highest BCUT2D eigenvalue weighted by molar-refractivity contribution is 7.86. The van der Waals surface area contributed by atoms with E-state index in [9.17, 15) is 13.4 Å². The summed E-state index contributed by atoms with van der Waals surface area (Å²) in [6.45, 7) is 3.55. The third kappa shape index (κ3) is 3.63. The van der Waals surface area contributed by atoms with E-state index >= 15 is 0 Å². The Morgan fingerprint density at radius 1 is 1.47 bits per heavy atom. The molecule has 0 saturated heterocycles. The van der Waals surface area contributed by atoms with Crippen molar-refractivity contribution in [3.05, 3.63) is 29.6 Å². The van der Waals surface area contributed by atoms with E-state index in [0.717, 1.165) is 6.07 Å². The van der Waals surface area contributed by atoms with Gasteiger partial charge >= 0.3 is 0 Å². The number of hydrogen-bond acceptors (Lipinski definition) is 3. The predicted molar refractivity (Wildman–Crippen MR) is 65.4 cm³/mol. The van der Waals surface area contributed by atoms with E-state index in [4.69, 9.17) is 4.74 Å². The fraction of sp³-hybridized carbons (Fsp3) is 0.417. The Morgan fingerprint density at radius 2 is 2.12 bits per heavy atom. The lowest BCUT2D eigenvalue weighted by molar-refractivity contribution is 0.102. The number of halogens is 1. The molecule has 1 atom stereocenters. The van der Waals surface area contributed by atoms with Gasteiger partial charge < -0.3 is 4.74 Å². The number of hydrogen-bond donors (Lipinski definition) is 0. The maximum atomic E-state index is 13.4. The normalized spacial score (nSPS) is 12.5. The summed E-state index contributed by atoms with van der Waals surface area (Å²) in [6, 6.07) is 3.97. The molecule has 0 saturated carbocycles. The Bertz CT molecular complexity index is 443. The van der Waals surface area contributed by atoms with Crippen molar-refractivity contribution >= 4 is 16.6 Å². The Balaban J connectivity index is 2.83. The van der Waals surface area contributed by atoms with Gasteiger partial charge in [-0.2, -0.15) is 0 Å². The van der Waals surface area contributed by atoms with Crippen LogP contribution < -0.4 is 4.74 Å². The van der Waals surface area contributed by atoms with E-state index < -0.39 is 16.6 Å². The lowest BCUT2D eigenvalue weighted by Crippen LogP contribution is -2.17. The van der Waals surface area contributed by atoms with Gasteiger partial charge in [-0.3, -0.25) is 9.00 Å². The van der Waals surface area contributed by atoms with Crippen molar-refractivity contribution < 1.29 is 18.1 Å². The number of benzene rings is 1. The van der Waals surface area contributed by atoms with Gasteiger partial charge in [0, 0.05) is 21.6 Å². The topological polar surface area (TPSA) is 43.4 Å². The van der Waals surface area contributed by atoms with Gasteiger partial charge in [0.2, 0.25) is 0 Å². The molecule has 0 amide bonds. The molecule has 1 unspecified atom stereocenters. The zero-order chi connectivity index (χ0) is 13.0. The Labute approximate surface area is 102 Å². The second-order valence-corrected chi connectivity index (χ2v) is 5.84. The summed E-state index contributed by atoms with van der Waals surface area (Å²) < 4.78 is 29.6. The number of rotatable bonds is 5. The molecule has 94 valence electrons. The number of ether oxygens (including phenoxy) is 1. The quantitative estimate of drug-likeness (QED) is 0.760. The van der Waals surface area contributed by atoms with Gasteiger partial charge in [-0.1, -0.05) is 13.8 Å². The summed E-state index contributed by atoms with van der Waals surface area (Å²) in [5, 5.41) is -0.0814. The molecule has 5 heteroatoms. The number of ketones is 1. The number of Topliss-reactive ketones (excluding diaryl/α,β-unsaturated/α-hetero) is 1. The Hall–Kier alpha value is -1.23. The van der Waals surface area contributed by atoms with Gasteiger partial charge in [0.15, 0.2) is 17.3 Å². The van der Waals surface area contributed by atoms with Gasteiger partial charge in [-0.05, 0) is 18.2 Å². The fourth-order valence-electron chi connectivity index (χ4n) is 1.22. The van der Waals surface area contributed by atoms with Crippen LogP contribution in [0.3, 0.4) is 0 Å². The minimum absolute atomic E-state index is 0.0799. The fourth-order valence-corrected chi connectivity index (χ4v) is 1.98. The van der Waals surface area contributed by atoms with E-state index in [1.165, 1.54) is 19.2 Å². The van der Waals surface area contributed by atoms with Crippen molar-refractivity contribution in [1.82, 2.24) is 0 Å². The van der Waals surface area contributed by atoms with Crippen LogP contribution in [-0.4, -0.2) is 28.1 Å². The number of carbonyl (C=O) groups is 1. The van der Waals surface area contributed by atoms with Gasteiger partial charge in [-0.15, -0.1) is 0 Å². The van der Waals surface area contributed by atoms with E-state index in [1.807, 2.05) is 0 Å². The summed E-state index contributed by atoms with van der Waals surface area (Å²) >= 11 is 0. The van der Waals surface area contributed by atoms with Crippen molar-refractivity contribution in [2.24, 2.45) is 0 Å². The van der Waals surface area contributed by atoms with E-state index in [-0.39, 0.29) is 28.1 Å². The van der Waals surface area contributed by atoms with Crippen molar-refractivity contribution in [3.8, 4) is 5.75 Å². The maximum Gasteiger partial charge on any atom is 0.175 e. The minimum Gasteiger partial charge on any atom is -0.494 e. The largest absolute Gasteiger partial charge is 0.494 e. The lowest BCUT2D eigenvalue weighted by Gasteiger charge is -2.06. The van der Waals surface area contributed by atoms with Crippen LogP contribution in [0.25, 0.3) is 0 Å². The molecule has 0 aliphatic carbocycles. The van der Waals surface area contributed by atoms with Crippen LogP contribution in [0.15, 0.2) is 18.2 Å². The molecule has 1 aromatic carbocycles. The Kier molecular flexibility index (Phi) is 4.81. The third-order valence-electron chi connectivity index (χ3n) is 2.27. The smallest absolute Gasteiger partial charge is 0.175 e. The van der Waals surface area contributed by atoms with Gasteiger partial charge in [0.1, 0.15) is 0 Å².